The van der Waals surface area contributed by atoms with E-state index in [1.165, 1.54) is 38.1 Å². The third kappa shape index (κ3) is 3.46. The van der Waals surface area contributed by atoms with E-state index in [1.54, 1.807) is 0 Å². The molecule has 88 valence electrons. The number of likely N-dealkylation sites (tertiary alicyclic amines) is 1. The van der Waals surface area contributed by atoms with E-state index in [0.29, 0.717) is 0 Å². The lowest BCUT2D eigenvalue weighted by Gasteiger charge is -2.15. The first-order valence-electron chi connectivity index (χ1n) is 5.66. The normalized spacial score (nSPS) is 16.6. The Balaban J connectivity index is 1.80. The van der Waals surface area contributed by atoms with E-state index in [4.69, 9.17) is 0 Å². The molecule has 0 saturated carbocycles. The van der Waals surface area contributed by atoms with Crippen LogP contribution in [0.2, 0.25) is 0 Å². The second kappa shape index (κ2) is 5.64. The zero-order valence-electron chi connectivity index (χ0n) is 9.18. The van der Waals surface area contributed by atoms with Crippen molar-refractivity contribution >= 4 is 21.6 Å². The molecule has 16 heavy (non-hydrogen) atoms. The van der Waals surface area contributed by atoms with Gasteiger partial charge in [0.05, 0.1) is 0 Å². The average Bonchev–Trinajstić information content (AvgIpc) is 2.69. The highest BCUT2D eigenvalue weighted by Gasteiger charge is 2.10. The molecular formula is C12H16BrFN2. The molecule has 1 fully saturated rings. The van der Waals surface area contributed by atoms with Gasteiger partial charge in [0.2, 0.25) is 0 Å². The van der Waals surface area contributed by atoms with E-state index >= 15 is 0 Å². The lowest BCUT2D eigenvalue weighted by Crippen LogP contribution is -2.25. The highest BCUT2D eigenvalue weighted by atomic mass is 79.9. The van der Waals surface area contributed by atoms with E-state index in [2.05, 4.69) is 26.1 Å². The summed E-state index contributed by atoms with van der Waals surface area (Å²) in [4.78, 5) is 2.43. The molecule has 4 heteroatoms. The minimum Gasteiger partial charge on any atom is -0.384 e. The van der Waals surface area contributed by atoms with Gasteiger partial charge in [-0.15, -0.1) is 0 Å². The maximum absolute atomic E-state index is 13.1. The molecule has 0 bridgehead atoms. The van der Waals surface area contributed by atoms with Crippen LogP contribution in [0.5, 0.6) is 0 Å². The largest absolute Gasteiger partial charge is 0.384 e. The molecular weight excluding hydrogens is 271 g/mol. The van der Waals surface area contributed by atoms with Crippen LogP contribution < -0.4 is 5.32 Å². The zero-order valence-corrected chi connectivity index (χ0v) is 10.8. The van der Waals surface area contributed by atoms with Crippen molar-refractivity contribution in [2.75, 3.05) is 31.5 Å². The second-order valence-corrected chi connectivity index (χ2v) is 5.05. The van der Waals surface area contributed by atoms with E-state index in [1.807, 2.05) is 6.07 Å². The van der Waals surface area contributed by atoms with E-state index in [-0.39, 0.29) is 5.82 Å². The third-order valence-corrected chi connectivity index (χ3v) is 3.28. The van der Waals surface area contributed by atoms with Crippen LogP contribution >= 0.6 is 15.9 Å². The summed E-state index contributed by atoms with van der Waals surface area (Å²) >= 11 is 3.28. The molecule has 0 aromatic heterocycles. The van der Waals surface area contributed by atoms with Gasteiger partial charge in [0.1, 0.15) is 5.82 Å². The van der Waals surface area contributed by atoms with Gasteiger partial charge in [0.25, 0.3) is 0 Å². The summed E-state index contributed by atoms with van der Waals surface area (Å²) < 4.78 is 13.9. The Morgan fingerprint density at radius 3 is 2.69 bits per heavy atom. The molecule has 1 aromatic rings. The van der Waals surface area contributed by atoms with Crippen LogP contribution in [-0.2, 0) is 0 Å². The van der Waals surface area contributed by atoms with E-state index in [9.17, 15) is 4.39 Å². The Bertz CT molecular complexity index is 331. The highest BCUT2D eigenvalue weighted by Crippen LogP contribution is 2.18. The molecule has 0 atom stereocenters. The molecule has 1 saturated heterocycles. The van der Waals surface area contributed by atoms with Gasteiger partial charge in [-0.1, -0.05) is 15.9 Å². The van der Waals surface area contributed by atoms with Crippen molar-refractivity contribution in [2.24, 2.45) is 0 Å². The Hall–Kier alpha value is -0.610. The van der Waals surface area contributed by atoms with Gasteiger partial charge < -0.3 is 10.2 Å². The first kappa shape index (κ1) is 11.9. The van der Waals surface area contributed by atoms with Gasteiger partial charge in [-0.05, 0) is 44.1 Å². The number of hydrogen-bond donors (Lipinski definition) is 1. The molecule has 0 spiro atoms. The molecule has 1 aliphatic rings. The molecule has 1 N–H and O–H groups in total. The fourth-order valence-electron chi connectivity index (χ4n) is 2.02. The number of rotatable bonds is 4. The molecule has 2 nitrogen and oxygen atoms in total. The molecule has 0 radical (unpaired) electrons. The van der Waals surface area contributed by atoms with E-state index < -0.39 is 0 Å². The van der Waals surface area contributed by atoms with Crippen LogP contribution in [0.25, 0.3) is 0 Å². The van der Waals surface area contributed by atoms with Gasteiger partial charge >= 0.3 is 0 Å². The van der Waals surface area contributed by atoms with Crippen LogP contribution in [0.4, 0.5) is 10.1 Å². The minimum atomic E-state index is -0.210. The maximum Gasteiger partial charge on any atom is 0.126 e. The highest BCUT2D eigenvalue weighted by molar-refractivity contribution is 9.10. The van der Waals surface area contributed by atoms with Gasteiger partial charge in [0.15, 0.2) is 0 Å². The number of nitrogens with one attached hydrogen (secondary N) is 1. The van der Waals surface area contributed by atoms with Crippen molar-refractivity contribution in [3.05, 3.63) is 28.5 Å². The smallest absolute Gasteiger partial charge is 0.126 e. The lowest BCUT2D eigenvalue weighted by atomic mass is 10.3. The Labute approximate surface area is 104 Å². The SMILES string of the molecule is Fc1cc(Br)cc(NCCN2CCCC2)c1. The summed E-state index contributed by atoms with van der Waals surface area (Å²) in [6, 6.07) is 4.88. The molecule has 0 unspecified atom stereocenters. The fraction of sp³-hybridized carbons (Fsp3) is 0.500. The Kier molecular flexibility index (Phi) is 4.18. The molecule has 1 aromatic carbocycles. The van der Waals surface area contributed by atoms with Crippen LogP contribution in [0.1, 0.15) is 12.8 Å². The third-order valence-electron chi connectivity index (χ3n) is 2.82. The summed E-state index contributed by atoms with van der Waals surface area (Å²) in [6.45, 7) is 4.31. The molecule has 0 amide bonds. The minimum absolute atomic E-state index is 0.210. The zero-order chi connectivity index (χ0) is 11.4. The summed E-state index contributed by atoms with van der Waals surface area (Å²) in [5.41, 5.74) is 0.839. The van der Waals surface area contributed by atoms with E-state index in [0.717, 1.165) is 23.2 Å². The fourth-order valence-corrected chi connectivity index (χ4v) is 2.49. The predicted octanol–water partition coefficient (Wildman–Crippen LogP) is 3.10. The van der Waals surface area contributed by atoms with Crippen LogP contribution in [0, 0.1) is 5.82 Å². The summed E-state index contributed by atoms with van der Waals surface area (Å²) in [7, 11) is 0. The quantitative estimate of drug-likeness (QED) is 0.915. The molecule has 1 heterocycles. The van der Waals surface area contributed by atoms with Crippen LogP contribution in [-0.4, -0.2) is 31.1 Å². The monoisotopic (exact) mass is 286 g/mol. The number of anilines is 1. The lowest BCUT2D eigenvalue weighted by molar-refractivity contribution is 0.352. The van der Waals surface area contributed by atoms with Gasteiger partial charge in [-0.2, -0.15) is 0 Å². The summed E-state index contributed by atoms with van der Waals surface area (Å²) in [5, 5.41) is 3.24. The van der Waals surface area contributed by atoms with Crippen LogP contribution in [0.3, 0.4) is 0 Å². The van der Waals surface area contributed by atoms with Crippen molar-refractivity contribution in [3.8, 4) is 0 Å². The topological polar surface area (TPSA) is 15.3 Å². The Morgan fingerprint density at radius 2 is 2.00 bits per heavy atom. The van der Waals surface area contributed by atoms with Crippen LogP contribution in [0.15, 0.2) is 22.7 Å². The van der Waals surface area contributed by atoms with Crippen molar-refractivity contribution in [1.29, 1.82) is 0 Å². The van der Waals surface area contributed by atoms with Crippen molar-refractivity contribution in [2.45, 2.75) is 12.8 Å². The number of hydrogen-bond acceptors (Lipinski definition) is 2. The van der Waals surface area contributed by atoms with Gasteiger partial charge in [-0.25, -0.2) is 4.39 Å². The van der Waals surface area contributed by atoms with Crippen molar-refractivity contribution in [3.63, 3.8) is 0 Å². The second-order valence-electron chi connectivity index (χ2n) is 4.13. The summed E-state index contributed by atoms with van der Waals surface area (Å²) in [5.74, 6) is -0.210. The number of benzene rings is 1. The molecule has 1 aliphatic heterocycles. The molecule has 2 rings (SSSR count). The first-order chi connectivity index (χ1) is 7.74. The van der Waals surface area contributed by atoms with Gasteiger partial charge in [-0.3, -0.25) is 0 Å². The summed E-state index contributed by atoms with van der Waals surface area (Å²) in [6.07, 6.45) is 2.62. The van der Waals surface area contributed by atoms with Crippen molar-refractivity contribution in [1.82, 2.24) is 4.90 Å². The van der Waals surface area contributed by atoms with Gasteiger partial charge in [0, 0.05) is 23.2 Å². The first-order valence-corrected chi connectivity index (χ1v) is 6.46. The van der Waals surface area contributed by atoms with Crippen molar-refractivity contribution < 1.29 is 4.39 Å². The number of nitrogens with zero attached hydrogens (tertiary/aromatic N) is 1. The standard InChI is InChI=1S/C12H16BrFN2/c13-10-7-11(14)9-12(8-10)15-3-6-16-4-1-2-5-16/h7-9,15H,1-6H2. The maximum atomic E-state index is 13.1. The Morgan fingerprint density at radius 1 is 1.25 bits per heavy atom. The predicted molar refractivity (Wildman–Crippen MR) is 68.3 cm³/mol. The molecule has 0 aliphatic carbocycles. The number of halogens is 2. The average molecular weight is 287 g/mol.